The first kappa shape index (κ1) is 19.9. The van der Waals surface area contributed by atoms with Gasteiger partial charge >= 0.3 is 5.97 Å². The molecule has 1 amide bonds. The van der Waals surface area contributed by atoms with Crippen LogP contribution >= 0.6 is 12.2 Å². The van der Waals surface area contributed by atoms with E-state index in [1.807, 2.05) is 19.1 Å². The molecule has 1 aliphatic heterocycles. The number of benzene rings is 1. The Bertz CT molecular complexity index is 885. The van der Waals surface area contributed by atoms with Gasteiger partial charge in [0.15, 0.2) is 11.6 Å². The van der Waals surface area contributed by atoms with Crippen LogP contribution in [0.15, 0.2) is 48.8 Å². The number of hydrogen-bond acceptors (Lipinski definition) is 6. The molecule has 1 fully saturated rings. The van der Waals surface area contributed by atoms with Crippen molar-refractivity contribution in [2.75, 3.05) is 6.61 Å². The number of carbonyl (C=O) groups excluding carboxylic acids is 2. The lowest BCUT2D eigenvalue weighted by atomic mass is 9.88. The zero-order valence-electron chi connectivity index (χ0n) is 16.0. The molecule has 0 radical (unpaired) electrons. The van der Waals surface area contributed by atoms with Crippen molar-refractivity contribution < 1.29 is 19.1 Å². The highest BCUT2D eigenvalue weighted by molar-refractivity contribution is 7.80. The van der Waals surface area contributed by atoms with E-state index in [9.17, 15) is 9.59 Å². The monoisotopic (exact) mass is 398 g/mol. The maximum absolute atomic E-state index is 13.2. The van der Waals surface area contributed by atoms with Gasteiger partial charge in [0.1, 0.15) is 0 Å². The molecule has 2 atom stereocenters. The van der Waals surface area contributed by atoms with E-state index in [0.29, 0.717) is 11.1 Å². The molecule has 7 heteroatoms. The highest BCUT2D eigenvalue weighted by Crippen LogP contribution is 2.40. The third-order valence-corrected chi connectivity index (χ3v) is 5.15. The number of aromatic nitrogens is 1. The van der Waals surface area contributed by atoms with Crippen LogP contribution in [0.3, 0.4) is 0 Å². The number of aryl methyl sites for hydroxylation is 1. The molecular formula is C21H22N2O4S. The van der Waals surface area contributed by atoms with Crippen LogP contribution in [0.2, 0.25) is 0 Å². The predicted molar refractivity (Wildman–Crippen MR) is 108 cm³/mol. The third-order valence-electron chi connectivity index (χ3n) is 4.87. The number of ether oxygens (including phenoxy) is 2. The zero-order valence-corrected chi connectivity index (χ0v) is 16.9. The lowest BCUT2D eigenvalue weighted by Gasteiger charge is -2.30. The maximum Gasteiger partial charge on any atom is 0.333 e. The fourth-order valence-electron chi connectivity index (χ4n) is 3.31. The van der Waals surface area contributed by atoms with E-state index in [0.717, 1.165) is 12.0 Å². The summed E-state index contributed by atoms with van der Waals surface area (Å²) in [6.45, 7) is 5.66. The number of pyridine rings is 1. The van der Waals surface area contributed by atoms with Crippen molar-refractivity contribution in [1.29, 1.82) is 0 Å². The van der Waals surface area contributed by atoms with E-state index in [2.05, 4.69) is 4.98 Å². The second kappa shape index (κ2) is 8.06. The van der Waals surface area contributed by atoms with Gasteiger partial charge in [-0.25, -0.2) is 4.79 Å². The molecule has 2 aromatic rings. The van der Waals surface area contributed by atoms with Crippen LogP contribution in [-0.4, -0.2) is 39.6 Å². The van der Waals surface area contributed by atoms with Crippen molar-refractivity contribution in [3.8, 4) is 0 Å². The highest BCUT2D eigenvalue weighted by Gasteiger charge is 2.57. The molecule has 28 heavy (non-hydrogen) atoms. The number of nitrogens with zero attached hydrogens (tertiary/aromatic N) is 2. The van der Waals surface area contributed by atoms with E-state index in [4.69, 9.17) is 21.7 Å². The van der Waals surface area contributed by atoms with E-state index in [1.54, 1.807) is 50.5 Å². The van der Waals surface area contributed by atoms with Gasteiger partial charge in [-0.1, -0.05) is 19.1 Å². The molecule has 6 nitrogen and oxygen atoms in total. The summed E-state index contributed by atoms with van der Waals surface area (Å²) in [5.74, 6) is -0.969. The van der Waals surface area contributed by atoms with Gasteiger partial charge in [0.2, 0.25) is 0 Å². The van der Waals surface area contributed by atoms with Crippen LogP contribution in [0.4, 0.5) is 0 Å². The van der Waals surface area contributed by atoms with E-state index >= 15 is 0 Å². The second-order valence-electron chi connectivity index (χ2n) is 6.59. The molecule has 3 rings (SSSR count). The van der Waals surface area contributed by atoms with Gasteiger partial charge in [0.25, 0.3) is 11.1 Å². The summed E-state index contributed by atoms with van der Waals surface area (Å²) in [6.07, 6.45) is 4.07. The van der Waals surface area contributed by atoms with E-state index in [1.165, 1.54) is 4.90 Å². The van der Waals surface area contributed by atoms with Gasteiger partial charge in [-0.3, -0.25) is 14.7 Å². The van der Waals surface area contributed by atoms with Crippen molar-refractivity contribution in [3.05, 3.63) is 65.5 Å². The molecular weight excluding hydrogens is 376 g/mol. The predicted octanol–water partition coefficient (Wildman–Crippen LogP) is 3.25. The number of hydrogen-bond donors (Lipinski definition) is 0. The second-order valence-corrected chi connectivity index (χ2v) is 6.94. The minimum absolute atomic E-state index is 0.0538. The summed E-state index contributed by atoms with van der Waals surface area (Å²) in [7, 11) is 0. The quantitative estimate of drug-likeness (QED) is 0.569. The van der Waals surface area contributed by atoms with Gasteiger partial charge in [-0.2, -0.15) is 0 Å². The lowest BCUT2D eigenvalue weighted by molar-refractivity contribution is -0.151. The molecule has 0 spiro atoms. The topological polar surface area (TPSA) is 68.7 Å². The largest absolute Gasteiger partial charge is 0.464 e. The summed E-state index contributed by atoms with van der Waals surface area (Å²) >= 11 is 5.35. The number of carbonyl (C=O) groups is 2. The molecule has 0 aliphatic carbocycles. The Balaban J connectivity index is 2.04. The Morgan fingerprint density at radius 2 is 1.82 bits per heavy atom. The maximum atomic E-state index is 13.2. The fraction of sp³-hybridized carbons (Fsp3) is 0.333. The first-order valence-corrected chi connectivity index (χ1v) is 9.55. The van der Waals surface area contributed by atoms with Gasteiger partial charge in [0.05, 0.1) is 6.61 Å². The Morgan fingerprint density at radius 3 is 2.39 bits per heavy atom. The molecule has 1 aliphatic rings. The summed E-state index contributed by atoms with van der Waals surface area (Å²) < 4.78 is 11.2. The third kappa shape index (κ3) is 3.49. The number of esters is 1. The van der Waals surface area contributed by atoms with E-state index < -0.39 is 23.5 Å². The smallest absolute Gasteiger partial charge is 0.333 e. The van der Waals surface area contributed by atoms with Crippen LogP contribution in [0.1, 0.15) is 42.3 Å². The van der Waals surface area contributed by atoms with Crippen molar-refractivity contribution in [1.82, 2.24) is 9.88 Å². The van der Waals surface area contributed by atoms with Crippen LogP contribution < -0.4 is 0 Å². The Morgan fingerprint density at radius 1 is 1.18 bits per heavy atom. The van der Waals surface area contributed by atoms with Crippen LogP contribution in [-0.2, 0) is 26.3 Å². The lowest BCUT2D eigenvalue weighted by Crippen LogP contribution is -2.50. The van der Waals surface area contributed by atoms with Gasteiger partial charge in [-0.15, -0.1) is 0 Å². The molecule has 0 unspecified atom stereocenters. The summed E-state index contributed by atoms with van der Waals surface area (Å²) in [4.78, 5) is 31.3. The average molecular weight is 398 g/mol. The number of amides is 1. The van der Waals surface area contributed by atoms with Crippen molar-refractivity contribution in [2.24, 2.45) is 0 Å². The van der Waals surface area contributed by atoms with Crippen LogP contribution in [0, 0.1) is 0 Å². The first-order valence-electron chi connectivity index (χ1n) is 9.15. The van der Waals surface area contributed by atoms with Crippen LogP contribution in [0.25, 0.3) is 0 Å². The normalized spacial score (nSPS) is 21.3. The fourth-order valence-corrected chi connectivity index (χ4v) is 3.67. The Kier molecular flexibility index (Phi) is 5.74. The number of thiocarbonyl (C=S) groups is 1. The van der Waals surface area contributed by atoms with Crippen molar-refractivity contribution >= 4 is 29.3 Å². The average Bonchev–Trinajstić information content (AvgIpc) is 2.99. The minimum Gasteiger partial charge on any atom is -0.464 e. The van der Waals surface area contributed by atoms with Crippen LogP contribution in [0.5, 0.6) is 0 Å². The molecule has 1 aromatic carbocycles. The summed E-state index contributed by atoms with van der Waals surface area (Å²) in [5, 5.41) is -0.0538. The molecule has 1 saturated heterocycles. The molecule has 146 valence electrons. The molecule has 0 bridgehead atoms. The Hall–Kier alpha value is -2.80. The number of rotatable bonds is 5. The standard InChI is InChI=1S/C21H22N2O4S/c1-4-14-6-8-15(9-7-14)18(24)23-17(19(25)26-5-2)21(3,27-20(23)28)16-10-12-22-13-11-16/h6-13,17H,4-5H2,1-3H3/t17-,21+/m1/s1. The molecule has 2 heterocycles. The zero-order chi connectivity index (χ0) is 20.3. The first-order chi connectivity index (χ1) is 13.4. The highest BCUT2D eigenvalue weighted by atomic mass is 32.1. The molecule has 0 N–H and O–H groups in total. The summed E-state index contributed by atoms with van der Waals surface area (Å²) in [5.41, 5.74) is 1.04. The van der Waals surface area contributed by atoms with E-state index in [-0.39, 0.29) is 11.8 Å². The molecule has 0 saturated carbocycles. The Labute approximate surface area is 169 Å². The van der Waals surface area contributed by atoms with Gasteiger partial charge < -0.3 is 9.47 Å². The SMILES string of the molecule is CCOC(=O)[C@H]1N(C(=O)c2ccc(CC)cc2)C(=S)O[C@@]1(C)c1ccncc1. The van der Waals surface area contributed by atoms with Crippen molar-refractivity contribution in [3.63, 3.8) is 0 Å². The van der Waals surface area contributed by atoms with Gasteiger partial charge in [0, 0.05) is 23.5 Å². The minimum atomic E-state index is -1.18. The van der Waals surface area contributed by atoms with Gasteiger partial charge in [-0.05, 0) is 62.3 Å². The summed E-state index contributed by atoms with van der Waals surface area (Å²) in [6, 6.07) is 9.66. The van der Waals surface area contributed by atoms with Crippen molar-refractivity contribution in [2.45, 2.75) is 38.8 Å². The molecule has 1 aromatic heterocycles.